The SMILES string of the molecule is Cc1cc(C)c(NS(=O)(=O)c2cccc(S(=O)(=O)Nc3c(C)cc(C)cc3C)c2)c(C)c1.Cc1cc(NS(=O)(=O)c2cccc(S(=O)(=O)Nc3cc(C(F)(F)F)cc(C(F)(F)F)c3)c2)cc(C(F)(F)F)c1. The lowest BCUT2D eigenvalue weighted by Crippen LogP contribution is -2.18. The van der Waals surface area contributed by atoms with E-state index in [0.29, 0.717) is 23.5 Å². The van der Waals surface area contributed by atoms with Crippen LogP contribution in [0.2, 0.25) is 0 Å². The van der Waals surface area contributed by atoms with Gasteiger partial charge in [0.25, 0.3) is 40.1 Å². The number of sulfonamides is 4. The second kappa shape index (κ2) is 20.1. The molecule has 6 aromatic rings. The van der Waals surface area contributed by atoms with Gasteiger partial charge in [0, 0.05) is 5.69 Å². The highest BCUT2D eigenvalue weighted by Crippen LogP contribution is 2.39. The Morgan fingerprint density at radius 1 is 0.324 bits per heavy atom. The molecule has 0 fully saturated rings. The van der Waals surface area contributed by atoms with E-state index in [4.69, 9.17) is 0 Å². The zero-order valence-corrected chi connectivity index (χ0v) is 41.5. The molecule has 0 bridgehead atoms. The number of anilines is 4. The van der Waals surface area contributed by atoms with Crippen molar-refractivity contribution in [3.05, 3.63) is 165 Å². The number of alkyl halides is 9. The zero-order valence-electron chi connectivity index (χ0n) is 38.2. The van der Waals surface area contributed by atoms with Gasteiger partial charge in [-0.3, -0.25) is 18.9 Å². The number of rotatable bonds is 12. The third kappa shape index (κ3) is 14.0. The van der Waals surface area contributed by atoms with E-state index in [1.54, 1.807) is 4.72 Å². The highest BCUT2D eigenvalue weighted by Gasteiger charge is 2.38. The maximum atomic E-state index is 13.1. The Morgan fingerprint density at radius 3 is 0.873 bits per heavy atom. The Kier molecular flexibility index (Phi) is 15.7. The summed E-state index contributed by atoms with van der Waals surface area (Å²) in [7, 11) is -17.6. The molecule has 0 radical (unpaired) electrons. The minimum Gasteiger partial charge on any atom is -0.280 e. The van der Waals surface area contributed by atoms with Gasteiger partial charge in [-0.15, -0.1) is 0 Å². The maximum absolute atomic E-state index is 13.1. The van der Waals surface area contributed by atoms with Gasteiger partial charge < -0.3 is 0 Å². The second-order valence-electron chi connectivity index (χ2n) is 16.3. The van der Waals surface area contributed by atoms with Crippen molar-refractivity contribution in [2.24, 2.45) is 0 Å². The molecule has 0 spiro atoms. The van der Waals surface area contributed by atoms with E-state index >= 15 is 0 Å². The van der Waals surface area contributed by atoms with E-state index in [9.17, 15) is 73.2 Å². The summed E-state index contributed by atoms with van der Waals surface area (Å²) in [6.45, 7) is 12.5. The Bertz CT molecular complexity index is 3310. The highest BCUT2D eigenvalue weighted by atomic mass is 32.2. The van der Waals surface area contributed by atoms with Gasteiger partial charge in [0.15, 0.2) is 0 Å². The van der Waals surface area contributed by atoms with Crippen LogP contribution in [0.15, 0.2) is 129 Å². The molecule has 0 aliphatic heterocycles. The number of benzene rings is 6. The minimum absolute atomic E-state index is 0.0439. The molecule has 0 unspecified atom stereocenters. The fraction of sp³-hybridized carbons (Fsp3) is 0.217. The van der Waals surface area contributed by atoms with E-state index in [1.165, 1.54) is 31.2 Å². The van der Waals surface area contributed by atoms with Crippen LogP contribution in [0.5, 0.6) is 0 Å². The molecule has 0 saturated carbocycles. The third-order valence-corrected chi connectivity index (χ3v) is 15.6. The standard InChI is InChI=1S/C24H28N2O4S2.C22H15F9N2O4S2/c1-15-10-17(3)23(18(4)11-15)25-31(27,28)21-8-7-9-22(14-21)32(29,30)26-24-19(5)12-16(2)13-20(24)6;1-12-5-13(20(23,24)25)8-16(6-12)32-38(34,35)18-3-2-4-19(11-18)39(36,37)33-17-9-14(21(26,27)28)7-15(10-17)22(29,30)31/h7-14,25-26H,1-6H3;2-11,32-33H,1H3. The molecular formula is C46H43F9N4O8S4. The summed E-state index contributed by atoms with van der Waals surface area (Å²) in [5.41, 5.74) is -0.109. The van der Waals surface area contributed by atoms with E-state index in [2.05, 4.69) is 9.44 Å². The molecule has 0 saturated heterocycles. The van der Waals surface area contributed by atoms with Gasteiger partial charge in [-0.05, 0) is 149 Å². The molecule has 6 rings (SSSR count). The number of hydrogen-bond donors (Lipinski definition) is 4. The summed E-state index contributed by atoms with van der Waals surface area (Å²) in [5, 5.41) is 0. The monoisotopic (exact) mass is 1080 g/mol. The van der Waals surface area contributed by atoms with Crippen molar-refractivity contribution < 1.29 is 73.2 Å². The third-order valence-electron chi connectivity index (χ3n) is 10.2. The van der Waals surface area contributed by atoms with Crippen LogP contribution >= 0.6 is 0 Å². The van der Waals surface area contributed by atoms with Crippen molar-refractivity contribution in [1.82, 2.24) is 0 Å². The van der Waals surface area contributed by atoms with Gasteiger partial charge in [0.2, 0.25) is 0 Å². The van der Waals surface area contributed by atoms with Crippen LogP contribution in [0.3, 0.4) is 0 Å². The topological polar surface area (TPSA) is 185 Å². The summed E-state index contributed by atoms with van der Waals surface area (Å²) in [5.74, 6) is 0. The first-order valence-electron chi connectivity index (χ1n) is 20.3. The summed E-state index contributed by atoms with van der Waals surface area (Å²) in [6.07, 6.45) is -15.3. The normalized spacial score (nSPS) is 12.7. The first-order valence-corrected chi connectivity index (χ1v) is 26.3. The zero-order chi connectivity index (χ0) is 53.4. The molecule has 71 heavy (non-hydrogen) atoms. The van der Waals surface area contributed by atoms with Crippen LogP contribution in [0.1, 0.15) is 55.6 Å². The van der Waals surface area contributed by atoms with Gasteiger partial charge >= 0.3 is 18.5 Å². The minimum atomic E-state index is -5.26. The number of aryl methyl sites for hydroxylation is 7. The molecular weight excluding hydrogens is 1040 g/mol. The quantitative estimate of drug-likeness (QED) is 0.0872. The van der Waals surface area contributed by atoms with Crippen LogP contribution in [0.25, 0.3) is 0 Å². The Balaban J connectivity index is 0.000000269. The fourth-order valence-corrected chi connectivity index (χ4v) is 12.0. The van der Waals surface area contributed by atoms with Crippen molar-refractivity contribution in [2.75, 3.05) is 18.9 Å². The first kappa shape index (κ1) is 55.6. The lowest BCUT2D eigenvalue weighted by Gasteiger charge is -2.16. The van der Waals surface area contributed by atoms with Crippen LogP contribution in [0.4, 0.5) is 62.3 Å². The van der Waals surface area contributed by atoms with Gasteiger partial charge in [0.1, 0.15) is 0 Å². The summed E-state index contributed by atoms with van der Waals surface area (Å²) < 4.78 is 230. The van der Waals surface area contributed by atoms with Gasteiger partial charge in [-0.25, -0.2) is 33.7 Å². The van der Waals surface area contributed by atoms with Crippen LogP contribution in [0, 0.1) is 48.5 Å². The smallest absolute Gasteiger partial charge is 0.280 e. The molecule has 0 aliphatic carbocycles. The van der Waals surface area contributed by atoms with Crippen LogP contribution in [-0.4, -0.2) is 33.7 Å². The molecule has 382 valence electrons. The summed E-state index contributed by atoms with van der Waals surface area (Å²) in [4.78, 5) is -1.91. The molecule has 0 amide bonds. The Morgan fingerprint density at radius 2 is 0.577 bits per heavy atom. The lowest BCUT2D eigenvalue weighted by molar-refractivity contribution is -0.143. The Labute approximate surface area is 404 Å². The van der Waals surface area contributed by atoms with Crippen molar-refractivity contribution in [3.63, 3.8) is 0 Å². The van der Waals surface area contributed by atoms with E-state index in [0.717, 1.165) is 63.7 Å². The van der Waals surface area contributed by atoms with Crippen molar-refractivity contribution >= 4 is 62.8 Å². The molecule has 6 aromatic carbocycles. The fourth-order valence-electron chi connectivity index (χ4n) is 7.13. The molecule has 0 aliphatic rings. The average Bonchev–Trinajstić information content (AvgIpc) is 3.22. The van der Waals surface area contributed by atoms with E-state index < -0.39 is 96.5 Å². The molecule has 0 aromatic heterocycles. The van der Waals surface area contributed by atoms with Gasteiger partial charge in [-0.2, -0.15) is 39.5 Å². The maximum Gasteiger partial charge on any atom is 0.416 e. The van der Waals surface area contributed by atoms with E-state index in [-0.39, 0.29) is 33.6 Å². The summed E-state index contributed by atoms with van der Waals surface area (Å²) in [6, 6.07) is 18.3. The van der Waals surface area contributed by atoms with Crippen molar-refractivity contribution in [3.8, 4) is 0 Å². The molecule has 0 heterocycles. The number of nitrogens with one attached hydrogen (secondary N) is 4. The molecule has 25 heteroatoms. The predicted molar refractivity (Wildman–Crippen MR) is 250 cm³/mol. The molecule has 0 atom stereocenters. The average molecular weight is 1080 g/mol. The van der Waals surface area contributed by atoms with Crippen LogP contribution in [-0.2, 0) is 58.6 Å². The first-order chi connectivity index (χ1) is 32.4. The van der Waals surface area contributed by atoms with Gasteiger partial charge in [0.05, 0.1) is 53.3 Å². The van der Waals surface area contributed by atoms with E-state index in [1.807, 2.05) is 70.5 Å². The number of halogens is 9. The van der Waals surface area contributed by atoms with Crippen LogP contribution < -0.4 is 18.9 Å². The highest BCUT2D eigenvalue weighted by molar-refractivity contribution is 7.94. The Hall–Kier alpha value is -6.31. The summed E-state index contributed by atoms with van der Waals surface area (Å²) >= 11 is 0. The second-order valence-corrected chi connectivity index (χ2v) is 23.0. The van der Waals surface area contributed by atoms with Crippen molar-refractivity contribution in [1.29, 1.82) is 0 Å². The molecule has 12 nitrogen and oxygen atoms in total. The largest absolute Gasteiger partial charge is 0.416 e. The molecule has 4 N–H and O–H groups in total. The van der Waals surface area contributed by atoms with Crippen molar-refractivity contribution in [2.45, 2.75) is 86.6 Å². The predicted octanol–water partition coefficient (Wildman–Crippen LogP) is 11.8. The number of hydrogen-bond acceptors (Lipinski definition) is 8. The lowest BCUT2D eigenvalue weighted by atomic mass is 10.1. The van der Waals surface area contributed by atoms with Gasteiger partial charge in [-0.1, -0.05) is 47.5 Å².